The molecule has 3 heteroatoms. The Kier molecular flexibility index (Phi) is 4.50. The molecule has 0 saturated heterocycles. The van der Waals surface area contributed by atoms with Crippen molar-refractivity contribution in [3.8, 4) is 11.1 Å². The monoisotopic (exact) mass is 351 g/mol. The number of carbonyl (C=O) groups is 1. The van der Waals surface area contributed by atoms with Crippen molar-refractivity contribution in [2.45, 2.75) is 0 Å². The number of ketones is 1. The van der Waals surface area contributed by atoms with Crippen LogP contribution in [0, 0.1) is 0 Å². The lowest BCUT2D eigenvalue weighted by atomic mass is 10.0. The maximum Gasteiger partial charge on any atom is 0.255 e. The first-order chi connectivity index (χ1) is 13.2. The summed E-state index contributed by atoms with van der Waals surface area (Å²) in [7, 11) is 0. The van der Waals surface area contributed by atoms with E-state index in [4.69, 9.17) is 0 Å². The number of pyridine rings is 1. The number of fused-ring (bicyclic) bond motifs is 1. The highest BCUT2D eigenvalue weighted by atomic mass is 16.1. The molecule has 0 spiro atoms. The van der Waals surface area contributed by atoms with Crippen LogP contribution in [0.2, 0.25) is 0 Å². The topological polar surface area (TPSA) is 49.9 Å². The second-order valence-corrected chi connectivity index (χ2v) is 6.28. The molecule has 0 radical (unpaired) electrons. The summed E-state index contributed by atoms with van der Waals surface area (Å²) in [6, 6.07) is 26.8. The van der Waals surface area contributed by atoms with Crippen molar-refractivity contribution in [2.75, 3.05) is 0 Å². The molecule has 27 heavy (non-hydrogen) atoms. The molecule has 1 heterocycles. The number of aromatic nitrogens is 1. The fourth-order valence-corrected chi connectivity index (χ4v) is 3.01. The number of allylic oxidation sites excluding steroid dienone is 1. The first-order valence-corrected chi connectivity index (χ1v) is 8.71. The lowest BCUT2D eigenvalue weighted by Crippen LogP contribution is -2.09. The predicted octanol–water partition coefficient (Wildman–Crippen LogP) is 5.09. The van der Waals surface area contributed by atoms with E-state index in [1.54, 1.807) is 24.3 Å². The van der Waals surface area contributed by atoms with Gasteiger partial charge in [0.2, 0.25) is 0 Å². The highest BCUT2D eigenvalue weighted by Gasteiger charge is 2.04. The smallest absolute Gasteiger partial charge is 0.255 e. The Balaban J connectivity index is 1.57. The zero-order valence-corrected chi connectivity index (χ0v) is 14.6. The highest BCUT2D eigenvalue weighted by Crippen LogP contribution is 2.19. The van der Waals surface area contributed by atoms with Gasteiger partial charge in [0.1, 0.15) is 0 Å². The summed E-state index contributed by atoms with van der Waals surface area (Å²) < 4.78 is 0. The number of hydrogen-bond acceptors (Lipinski definition) is 2. The van der Waals surface area contributed by atoms with Crippen molar-refractivity contribution in [1.29, 1.82) is 0 Å². The zero-order chi connectivity index (χ0) is 18.6. The Morgan fingerprint density at radius 2 is 1.44 bits per heavy atom. The minimum atomic E-state index is -0.211. The Morgan fingerprint density at radius 3 is 2.22 bits per heavy atom. The summed E-state index contributed by atoms with van der Waals surface area (Å²) in [4.78, 5) is 27.4. The van der Waals surface area contributed by atoms with Crippen molar-refractivity contribution < 1.29 is 4.79 Å². The van der Waals surface area contributed by atoms with Gasteiger partial charge in [-0.1, -0.05) is 72.8 Å². The van der Waals surface area contributed by atoms with E-state index < -0.39 is 0 Å². The minimum absolute atomic E-state index is 0.137. The standard InChI is InChI=1S/C24H17NO2/c26-23(19-12-10-18(11-13-19)17-6-2-1-3-7-17)15-14-21-16-20-8-4-5-9-22(20)25-24(21)27/h1-16H,(H,25,27)/b15-14+. The van der Waals surface area contributed by atoms with Gasteiger partial charge in [0, 0.05) is 16.6 Å². The van der Waals surface area contributed by atoms with E-state index in [9.17, 15) is 9.59 Å². The van der Waals surface area contributed by atoms with Crippen LogP contribution in [0.25, 0.3) is 28.1 Å². The molecule has 0 unspecified atom stereocenters. The van der Waals surface area contributed by atoms with Gasteiger partial charge in [-0.3, -0.25) is 9.59 Å². The van der Waals surface area contributed by atoms with E-state index in [1.165, 1.54) is 6.08 Å². The largest absolute Gasteiger partial charge is 0.321 e. The normalized spacial score (nSPS) is 11.1. The Morgan fingerprint density at radius 1 is 0.778 bits per heavy atom. The molecular formula is C24H17NO2. The molecule has 4 aromatic rings. The molecule has 1 N–H and O–H groups in total. The molecule has 130 valence electrons. The average molecular weight is 351 g/mol. The van der Waals surface area contributed by atoms with Gasteiger partial charge in [0.15, 0.2) is 5.78 Å². The van der Waals surface area contributed by atoms with E-state index in [0.29, 0.717) is 11.1 Å². The molecule has 0 amide bonds. The number of carbonyl (C=O) groups excluding carboxylic acids is 1. The van der Waals surface area contributed by atoms with E-state index in [-0.39, 0.29) is 11.3 Å². The molecule has 0 bridgehead atoms. The van der Waals surface area contributed by atoms with Crippen LogP contribution in [0.5, 0.6) is 0 Å². The number of H-pyrrole nitrogens is 1. The summed E-state index contributed by atoms with van der Waals surface area (Å²) in [5, 5.41) is 0.927. The molecule has 0 aliphatic heterocycles. The van der Waals surface area contributed by atoms with Crippen molar-refractivity contribution in [2.24, 2.45) is 0 Å². The number of nitrogens with one attached hydrogen (secondary N) is 1. The highest BCUT2D eigenvalue weighted by molar-refractivity contribution is 6.07. The molecule has 0 atom stereocenters. The Bertz CT molecular complexity index is 1190. The van der Waals surface area contributed by atoms with E-state index in [2.05, 4.69) is 4.98 Å². The zero-order valence-electron chi connectivity index (χ0n) is 14.6. The maximum atomic E-state index is 12.4. The van der Waals surface area contributed by atoms with Gasteiger partial charge in [-0.15, -0.1) is 0 Å². The molecule has 1 aromatic heterocycles. The summed E-state index contributed by atoms with van der Waals surface area (Å²) in [5.41, 5.74) is 3.78. The molecular weight excluding hydrogens is 334 g/mol. The lowest BCUT2D eigenvalue weighted by Gasteiger charge is -2.02. The molecule has 0 aliphatic rings. The number of rotatable bonds is 4. The van der Waals surface area contributed by atoms with Crippen LogP contribution in [0.1, 0.15) is 15.9 Å². The summed E-state index contributed by atoms with van der Waals surface area (Å²) in [5.74, 6) is -0.137. The van der Waals surface area contributed by atoms with Gasteiger partial charge in [-0.05, 0) is 40.8 Å². The Hall–Kier alpha value is -3.72. The second kappa shape index (κ2) is 7.26. The summed E-state index contributed by atoms with van der Waals surface area (Å²) in [6.45, 7) is 0. The fraction of sp³-hybridized carbons (Fsp3) is 0. The van der Waals surface area contributed by atoms with Crippen molar-refractivity contribution >= 4 is 22.8 Å². The van der Waals surface area contributed by atoms with Crippen LogP contribution in [0.15, 0.2) is 95.8 Å². The van der Waals surface area contributed by atoms with Gasteiger partial charge in [0.05, 0.1) is 0 Å². The van der Waals surface area contributed by atoms with Gasteiger partial charge < -0.3 is 4.98 Å². The maximum absolute atomic E-state index is 12.4. The van der Waals surface area contributed by atoms with E-state index >= 15 is 0 Å². The minimum Gasteiger partial charge on any atom is -0.321 e. The van der Waals surface area contributed by atoms with Crippen LogP contribution in [0.3, 0.4) is 0 Å². The first kappa shape index (κ1) is 16.7. The number of para-hydroxylation sites is 1. The fourth-order valence-electron chi connectivity index (χ4n) is 3.01. The molecule has 0 aliphatic carbocycles. The first-order valence-electron chi connectivity index (χ1n) is 8.71. The number of aromatic amines is 1. The van der Waals surface area contributed by atoms with Crippen molar-refractivity contribution in [1.82, 2.24) is 4.98 Å². The second-order valence-electron chi connectivity index (χ2n) is 6.28. The summed E-state index contributed by atoms with van der Waals surface area (Å²) in [6.07, 6.45) is 3.01. The van der Waals surface area contributed by atoms with E-state index in [1.807, 2.05) is 66.7 Å². The van der Waals surface area contributed by atoms with Crippen molar-refractivity contribution in [3.63, 3.8) is 0 Å². The van der Waals surface area contributed by atoms with Crippen molar-refractivity contribution in [3.05, 3.63) is 112 Å². The average Bonchev–Trinajstić information content (AvgIpc) is 2.73. The number of benzene rings is 3. The SMILES string of the molecule is O=C(/C=C/c1cc2ccccc2[nH]c1=O)c1ccc(-c2ccccc2)cc1. The molecule has 3 nitrogen and oxygen atoms in total. The van der Waals surface area contributed by atoms with Crippen LogP contribution in [-0.2, 0) is 0 Å². The van der Waals surface area contributed by atoms with Crippen LogP contribution < -0.4 is 5.56 Å². The molecule has 0 fully saturated rings. The van der Waals surface area contributed by atoms with Gasteiger partial charge in [0.25, 0.3) is 5.56 Å². The molecule has 4 rings (SSSR count). The van der Waals surface area contributed by atoms with Crippen LogP contribution >= 0.6 is 0 Å². The molecule has 3 aromatic carbocycles. The Labute approximate surface area is 156 Å². The summed E-state index contributed by atoms with van der Waals surface area (Å²) >= 11 is 0. The third kappa shape index (κ3) is 3.62. The van der Waals surface area contributed by atoms with Gasteiger partial charge >= 0.3 is 0 Å². The van der Waals surface area contributed by atoms with Gasteiger partial charge in [-0.25, -0.2) is 0 Å². The lowest BCUT2D eigenvalue weighted by molar-refractivity contribution is 0.104. The third-order valence-electron chi connectivity index (χ3n) is 4.47. The third-order valence-corrected chi connectivity index (χ3v) is 4.47. The quantitative estimate of drug-likeness (QED) is 0.411. The van der Waals surface area contributed by atoms with Gasteiger partial charge in [-0.2, -0.15) is 0 Å². The predicted molar refractivity (Wildman–Crippen MR) is 110 cm³/mol. The van der Waals surface area contributed by atoms with Crippen LogP contribution in [-0.4, -0.2) is 10.8 Å². The van der Waals surface area contributed by atoms with Crippen LogP contribution in [0.4, 0.5) is 0 Å². The number of hydrogen-bond donors (Lipinski definition) is 1. The molecule has 0 saturated carbocycles. The van der Waals surface area contributed by atoms with E-state index in [0.717, 1.165) is 22.0 Å².